The van der Waals surface area contributed by atoms with Gasteiger partial charge in [0.15, 0.2) is 5.16 Å². The van der Waals surface area contributed by atoms with Crippen LogP contribution in [0.3, 0.4) is 0 Å². The van der Waals surface area contributed by atoms with E-state index in [1.807, 2.05) is 32.4 Å². The first-order valence-electron chi connectivity index (χ1n) is 6.72. The van der Waals surface area contributed by atoms with Crippen molar-refractivity contribution in [1.82, 2.24) is 9.97 Å². The Kier molecular flexibility index (Phi) is 5.38. The molecule has 21 heavy (non-hydrogen) atoms. The van der Waals surface area contributed by atoms with E-state index in [2.05, 4.69) is 20.6 Å². The molecule has 1 aromatic carbocycles. The van der Waals surface area contributed by atoms with Gasteiger partial charge in [-0.05, 0) is 42.9 Å². The summed E-state index contributed by atoms with van der Waals surface area (Å²) in [5.74, 6) is 1.39. The molecular formula is C15H19FN4S. The minimum atomic E-state index is -0.191. The molecule has 2 aromatic rings. The fourth-order valence-corrected chi connectivity index (χ4v) is 2.38. The Morgan fingerprint density at radius 1 is 1.19 bits per heavy atom. The van der Waals surface area contributed by atoms with Crippen LogP contribution in [0.4, 0.5) is 16.0 Å². The molecule has 0 aliphatic carbocycles. The van der Waals surface area contributed by atoms with E-state index in [1.165, 1.54) is 17.8 Å². The summed E-state index contributed by atoms with van der Waals surface area (Å²) in [5, 5.41) is 7.03. The van der Waals surface area contributed by atoms with E-state index in [0.717, 1.165) is 40.9 Å². The summed E-state index contributed by atoms with van der Waals surface area (Å²) in [6.45, 7) is 2.66. The monoisotopic (exact) mass is 306 g/mol. The zero-order valence-corrected chi connectivity index (χ0v) is 13.2. The van der Waals surface area contributed by atoms with E-state index < -0.39 is 0 Å². The second-order valence-corrected chi connectivity index (χ2v) is 5.40. The highest BCUT2D eigenvalue weighted by molar-refractivity contribution is 7.98. The Morgan fingerprint density at radius 3 is 2.62 bits per heavy atom. The number of nitrogens with one attached hydrogen (secondary N) is 2. The predicted molar refractivity (Wildman–Crippen MR) is 86.7 cm³/mol. The molecule has 0 unspecified atom stereocenters. The molecule has 4 nitrogen and oxygen atoms in total. The van der Waals surface area contributed by atoms with Crippen LogP contribution in [0.5, 0.6) is 0 Å². The Hall–Kier alpha value is -1.82. The van der Waals surface area contributed by atoms with E-state index in [9.17, 15) is 4.39 Å². The molecule has 0 aliphatic rings. The molecule has 1 heterocycles. The van der Waals surface area contributed by atoms with Crippen LogP contribution in [0.15, 0.2) is 29.4 Å². The topological polar surface area (TPSA) is 49.8 Å². The number of aromatic nitrogens is 2. The van der Waals surface area contributed by atoms with E-state index in [4.69, 9.17) is 0 Å². The predicted octanol–water partition coefficient (Wildman–Crippen LogP) is 3.34. The molecule has 0 amide bonds. The van der Waals surface area contributed by atoms with Crippen LogP contribution in [-0.4, -0.2) is 29.8 Å². The number of benzene rings is 1. The second kappa shape index (κ2) is 7.26. The molecule has 0 atom stereocenters. The number of thioether (sulfide) groups is 1. The molecule has 0 radical (unpaired) electrons. The van der Waals surface area contributed by atoms with Gasteiger partial charge in [0.25, 0.3) is 0 Å². The van der Waals surface area contributed by atoms with Crippen LogP contribution in [0.1, 0.15) is 11.1 Å². The Morgan fingerprint density at radius 2 is 1.95 bits per heavy atom. The van der Waals surface area contributed by atoms with Crippen molar-refractivity contribution in [2.24, 2.45) is 0 Å². The number of hydrogen-bond acceptors (Lipinski definition) is 5. The number of aryl methyl sites for hydroxylation is 1. The van der Waals surface area contributed by atoms with Crippen molar-refractivity contribution in [2.45, 2.75) is 18.5 Å². The fourth-order valence-electron chi connectivity index (χ4n) is 2.00. The third-order valence-corrected chi connectivity index (χ3v) is 3.70. The minimum Gasteiger partial charge on any atom is -0.373 e. The zero-order valence-electron chi connectivity index (χ0n) is 12.4. The van der Waals surface area contributed by atoms with E-state index in [0.29, 0.717) is 0 Å². The average molecular weight is 306 g/mol. The lowest BCUT2D eigenvalue weighted by molar-refractivity contribution is 0.625. The van der Waals surface area contributed by atoms with Crippen LogP contribution in [0.25, 0.3) is 0 Å². The van der Waals surface area contributed by atoms with Crippen molar-refractivity contribution in [3.63, 3.8) is 0 Å². The maximum absolute atomic E-state index is 13.1. The highest BCUT2D eigenvalue weighted by Crippen LogP contribution is 2.17. The molecule has 0 aliphatic heterocycles. The molecule has 112 valence electrons. The lowest BCUT2D eigenvalue weighted by atomic mass is 10.1. The van der Waals surface area contributed by atoms with E-state index in [-0.39, 0.29) is 5.82 Å². The zero-order chi connectivity index (χ0) is 15.2. The molecule has 0 saturated heterocycles. The fraction of sp³-hybridized carbons (Fsp3) is 0.333. The van der Waals surface area contributed by atoms with Crippen molar-refractivity contribution in [3.8, 4) is 0 Å². The van der Waals surface area contributed by atoms with Gasteiger partial charge in [-0.25, -0.2) is 14.4 Å². The van der Waals surface area contributed by atoms with Crippen molar-refractivity contribution in [2.75, 3.05) is 30.5 Å². The number of rotatable bonds is 6. The summed E-state index contributed by atoms with van der Waals surface area (Å²) < 4.78 is 13.1. The number of anilines is 2. The largest absolute Gasteiger partial charge is 0.373 e. The number of hydrogen-bond donors (Lipinski definition) is 2. The van der Waals surface area contributed by atoms with Crippen molar-refractivity contribution < 1.29 is 4.39 Å². The highest BCUT2D eigenvalue weighted by Gasteiger charge is 2.04. The Bertz CT molecular complexity index is 596. The summed E-state index contributed by atoms with van der Waals surface area (Å²) in [4.78, 5) is 8.73. The first kappa shape index (κ1) is 15.6. The van der Waals surface area contributed by atoms with Gasteiger partial charge >= 0.3 is 0 Å². The first-order valence-corrected chi connectivity index (χ1v) is 7.94. The van der Waals surface area contributed by atoms with Gasteiger partial charge in [-0.2, -0.15) is 0 Å². The lowest BCUT2D eigenvalue weighted by Gasteiger charge is -2.10. The van der Waals surface area contributed by atoms with E-state index >= 15 is 0 Å². The van der Waals surface area contributed by atoms with Gasteiger partial charge in [0, 0.05) is 19.7 Å². The van der Waals surface area contributed by atoms with Crippen LogP contribution >= 0.6 is 11.8 Å². The van der Waals surface area contributed by atoms with Gasteiger partial charge in [-0.3, -0.25) is 0 Å². The van der Waals surface area contributed by atoms with Gasteiger partial charge in [0.2, 0.25) is 0 Å². The van der Waals surface area contributed by atoms with Crippen molar-refractivity contribution in [1.29, 1.82) is 0 Å². The first-order chi connectivity index (χ1) is 10.1. The molecule has 1 aromatic heterocycles. The SMILES string of the molecule is CNc1cc(NCCc2ccc(F)cc2C)nc(SC)n1. The van der Waals surface area contributed by atoms with Crippen molar-refractivity contribution >= 4 is 23.4 Å². The molecule has 0 spiro atoms. The normalized spacial score (nSPS) is 10.5. The number of halogens is 1. The standard InChI is InChI=1S/C15H19FN4S/c1-10-8-12(16)5-4-11(10)6-7-18-14-9-13(17-2)19-15(20-14)21-3/h4-5,8-9H,6-7H2,1-3H3,(H2,17,18,19,20). The summed E-state index contributed by atoms with van der Waals surface area (Å²) in [7, 11) is 1.83. The molecular weight excluding hydrogens is 287 g/mol. The molecule has 0 fully saturated rings. The summed E-state index contributed by atoms with van der Waals surface area (Å²) >= 11 is 1.50. The second-order valence-electron chi connectivity index (χ2n) is 4.62. The molecule has 2 rings (SSSR count). The summed E-state index contributed by atoms with van der Waals surface area (Å²) in [6.07, 6.45) is 2.76. The molecule has 2 N–H and O–H groups in total. The van der Waals surface area contributed by atoms with Crippen LogP contribution in [0, 0.1) is 12.7 Å². The lowest BCUT2D eigenvalue weighted by Crippen LogP contribution is -2.09. The maximum Gasteiger partial charge on any atom is 0.191 e. The van der Waals surface area contributed by atoms with E-state index in [1.54, 1.807) is 6.07 Å². The third-order valence-electron chi connectivity index (χ3n) is 3.15. The summed E-state index contributed by atoms with van der Waals surface area (Å²) in [5.41, 5.74) is 2.11. The van der Waals surface area contributed by atoms with Gasteiger partial charge in [-0.15, -0.1) is 0 Å². The smallest absolute Gasteiger partial charge is 0.191 e. The van der Waals surface area contributed by atoms with Crippen LogP contribution in [0.2, 0.25) is 0 Å². The minimum absolute atomic E-state index is 0.191. The van der Waals surface area contributed by atoms with Crippen LogP contribution < -0.4 is 10.6 Å². The number of nitrogens with zero attached hydrogens (tertiary/aromatic N) is 2. The average Bonchev–Trinajstić information content (AvgIpc) is 2.49. The molecule has 0 bridgehead atoms. The van der Waals surface area contributed by atoms with Gasteiger partial charge in [0.05, 0.1) is 0 Å². The van der Waals surface area contributed by atoms with Gasteiger partial charge < -0.3 is 10.6 Å². The van der Waals surface area contributed by atoms with Crippen LogP contribution in [-0.2, 0) is 6.42 Å². The van der Waals surface area contributed by atoms with Gasteiger partial charge in [-0.1, -0.05) is 17.8 Å². The molecule has 6 heteroatoms. The maximum atomic E-state index is 13.1. The van der Waals surface area contributed by atoms with Gasteiger partial charge in [0.1, 0.15) is 17.5 Å². The Balaban J connectivity index is 1.99. The quantitative estimate of drug-likeness (QED) is 0.633. The molecule has 0 saturated carbocycles. The van der Waals surface area contributed by atoms with Crippen molar-refractivity contribution in [3.05, 3.63) is 41.2 Å². The highest BCUT2D eigenvalue weighted by atomic mass is 32.2. The third kappa shape index (κ3) is 4.32. The Labute approximate surface area is 128 Å². The summed E-state index contributed by atoms with van der Waals surface area (Å²) in [6, 6.07) is 6.76.